The van der Waals surface area contributed by atoms with Crippen LogP contribution in [0.15, 0.2) is 24.3 Å². The van der Waals surface area contributed by atoms with Crippen LogP contribution in [-0.2, 0) is 14.3 Å². The summed E-state index contributed by atoms with van der Waals surface area (Å²) in [6.07, 6.45) is 72.1. The van der Waals surface area contributed by atoms with E-state index in [2.05, 4.69) is 31.3 Å². The maximum Gasteiger partial charge on any atom is 0.305 e. The minimum atomic E-state index is -0.847. The first kappa shape index (κ1) is 67.3. The molecule has 69 heavy (non-hydrogen) atoms. The maximum absolute atomic E-state index is 12.5. The summed E-state index contributed by atoms with van der Waals surface area (Å²) in [5.74, 6) is -0.0680. The van der Waals surface area contributed by atoms with Crippen molar-refractivity contribution in [2.24, 2.45) is 0 Å². The van der Waals surface area contributed by atoms with Gasteiger partial charge in [-0.15, -0.1) is 0 Å². The Bertz CT molecular complexity index is 1080. The zero-order valence-corrected chi connectivity index (χ0v) is 46.6. The second kappa shape index (κ2) is 58.9. The molecule has 6 nitrogen and oxygen atoms in total. The molecular formula is C63H121NO5. The van der Waals surface area contributed by atoms with Crippen molar-refractivity contribution in [1.82, 2.24) is 5.32 Å². The fourth-order valence-corrected chi connectivity index (χ4v) is 9.69. The van der Waals surface area contributed by atoms with Crippen molar-refractivity contribution in [2.45, 2.75) is 353 Å². The lowest BCUT2D eigenvalue weighted by Crippen LogP contribution is -2.45. The molecule has 0 radical (unpaired) electrons. The lowest BCUT2D eigenvalue weighted by Gasteiger charge is -2.20. The summed E-state index contributed by atoms with van der Waals surface area (Å²) in [7, 11) is 0. The van der Waals surface area contributed by atoms with E-state index in [0.717, 1.165) is 44.9 Å². The van der Waals surface area contributed by atoms with E-state index in [0.29, 0.717) is 19.4 Å². The highest BCUT2D eigenvalue weighted by atomic mass is 16.5. The Morgan fingerprint density at radius 2 is 0.681 bits per heavy atom. The summed E-state index contributed by atoms with van der Waals surface area (Å²) in [5.41, 5.74) is 0. The van der Waals surface area contributed by atoms with Gasteiger partial charge in [-0.1, -0.05) is 295 Å². The fraction of sp³-hybridized carbons (Fsp3) is 0.905. The van der Waals surface area contributed by atoms with Gasteiger partial charge in [-0.2, -0.15) is 0 Å². The smallest absolute Gasteiger partial charge is 0.305 e. The van der Waals surface area contributed by atoms with Gasteiger partial charge in [0.05, 0.1) is 25.4 Å². The van der Waals surface area contributed by atoms with Gasteiger partial charge in [-0.05, 0) is 57.8 Å². The van der Waals surface area contributed by atoms with Gasteiger partial charge in [0.25, 0.3) is 0 Å². The van der Waals surface area contributed by atoms with Crippen LogP contribution in [0.1, 0.15) is 341 Å². The first-order valence-electron chi connectivity index (χ1n) is 31.1. The highest BCUT2D eigenvalue weighted by molar-refractivity contribution is 5.76. The quantitative estimate of drug-likeness (QED) is 0.0321. The van der Waals surface area contributed by atoms with Gasteiger partial charge in [0.2, 0.25) is 5.91 Å². The number of hydrogen-bond donors (Lipinski definition) is 3. The first-order valence-corrected chi connectivity index (χ1v) is 31.1. The third kappa shape index (κ3) is 55.5. The predicted molar refractivity (Wildman–Crippen MR) is 301 cm³/mol. The third-order valence-electron chi connectivity index (χ3n) is 14.5. The highest BCUT2D eigenvalue weighted by Crippen LogP contribution is 2.18. The first-order chi connectivity index (χ1) is 34.0. The molecule has 3 N–H and O–H groups in total. The molecule has 0 heterocycles. The molecule has 2 atom stereocenters. The maximum atomic E-state index is 12.5. The van der Waals surface area contributed by atoms with E-state index in [-0.39, 0.29) is 18.5 Å². The van der Waals surface area contributed by atoms with Crippen LogP contribution in [0, 0.1) is 0 Å². The number of carbonyl (C=O) groups is 2. The topological polar surface area (TPSA) is 95.9 Å². The number of allylic oxidation sites excluding steroid dienone is 3. The number of unbranched alkanes of at least 4 members (excludes halogenated alkanes) is 45. The van der Waals surface area contributed by atoms with Gasteiger partial charge < -0.3 is 20.3 Å². The molecule has 6 heteroatoms. The second-order valence-corrected chi connectivity index (χ2v) is 21.4. The molecule has 0 aliphatic heterocycles. The number of esters is 1. The standard InChI is InChI=1S/C63H121NO5/c1-3-5-7-9-11-13-15-17-19-20-22-25-28-31-35-39-43-47-51-55-61(66)60(59-65)64-62(67)56-52-48-44-40-36-32-29-26-23-21-24-27-30-34-38-42-46-50-54-58-69-63(68)57-53-49-45-41-37-33-18-16-14-12-10-8-6-4-2/h16,18,51,55,60-61,65-66H,3-15,17,19-50,52-54,56-59H2,1-2H3,(H,64,67)/b18-16-,55-51+. The fourth-order valence-electron chi connectivity index (χ4n) is 9.69. The van der Waals surface area contributed by atoms with Crippen LogP contribution < -0.4 is 5.32 Å². The van der Waals surface area contributed by atoms with E-state index >= 15 is 0 Å². The molecule has 1 amide bonds. The number of carbonyl (C=O) groups excluding carboxylic acids is 2. The molecule has 0 spiro atoms. The molecule has 0 rings (SSSR count). The van der Waals surface area contributed by atoms with Crippen LogP contribution in [0.25, 0.3) is 0 Å². The number of amides is 1. The average molecular weight is 973 g/mol. The third-order valence-corrected chi connectivity index (χ3v) is 14.5. The Morgan fingerprint density at radius 1 is 0.391 bits per heavy atom. The number of hydrogen-bond acceptors (Lipinski definition) is 5. The van der Waals surface area contributed by atoms with Crippen LogP contribution in [0.3, 0.4) is 0 Å². The van der Waals surface area contributed by atoms with E-state index in [1.807, 2.05) is 6.08 Å². The van der Waals surface area contributed by atoms with Crippen molar-refractivity contribution in [3.8, 4) is 0 Å². The molecule has 0 fully saturated rings. The van der Waals surface area contributed by atoms with E-state index < -0.39 is 12.1 Å². The van der Waals surface area contributed by atoms with Gasteiger partial charge >= 0.3 is 5.97 Å². The van der Waals surface area contributed by atoms with Crippen molar-refractivity contribution < 1.29 is 24.5 Å². The monoisotopic (exact) mass is 972 g/mol. The Balaban J connectivity index is 3.43. The molecule has 0 bridgehead atoms. The van der Waals surface area contributed by atoms with E-state index in [1.54, 1.807) is 6.08 Å². The van der Waals surface area contributed by atoms with Gasteiger partial charge in [0.1, 0.15) is 0 Å². The van der Waals surface area contributed by atoms with E-state index in [9.17, 15) is 19.8 Å². The van der Waals surface area contributed by atoms with Gasteiger partial charge in [0, 0.05) is 12.8 Å². The number of aliphatic hydroxyl groups excluding tert-OH is 2. The molecule has 2 unspecified atom stereocenters. The average Bonchev–Trinajstić information content (AvgIpc) is 3.35. The summed E-state index contributed by atoms with van der Waals surface area (Å²) in [6.45, 7) is 4.91. The molecule has 0 saturated carbocycles. The van der Waals surface area contributed by atoms with Crippen molar-refractivity contribution >= 4 is 11.9 Å². The Kier molecular flexibility index (Phi) is 57.5. The lowest BCUT2D eigenvalue weighted by molar-refractivity contribution is -0.143. The number of ether oxygens (including phenoxy) is 1. The van der Waals surface area contributed by atoms with Crippen LogP contribution >= 0.6 is 0 Å². The largest absolute Gasteiger partial charge is 0.466 e. The molecule has 0 aliphatic carbocycles. The lowest BCUT2D eigenvalue weighted by atomic mass is 10.0. The summed E-state index contributed by atoms with van der Waals surface area (Å²) in [6, 6.07) is -0.630. The molecule has 0 aliphatic rings. The Labute approximate surface area is 431 Å². The molecule has 0 aromatic carbocycles. The summed E-state index contributed by atoms with van der Waals surface area (Å²) < 4.78 is 5.48. The SMILES string of the molecule is CCCCCCC/C=C\CCCCCCCC(=O)OCCCCCCCCCCCCCCCCCCCCCC(=O)NC(CO)C(O)/C=C/CCCCCCCCCCCCCCCCCCC. The molecule has 0 aromatic heterocycles. The van der Waals surface area contributed by atoms with Crippen LogP contribution in [0.5, 0.6) is 0 Å². The van der Waals surface area contributed by atoms with Gasteiger partial charge in [-0.3, -0.25) is 9.59 Å². The number of rotatable bonds is 58. The summed E-state index contributed by atoms with van der Waals surface area (Å²) in [5, 5.41) is 23.2. The van der Waals surface area contributed by atoms with Gasteiger partial charge in [-0.25, -0.2) is 0 Å². The van der Waals surface area contributed by atoms with Crippen molar-refractivity contribution in [1.29, 1.82) is 0 Å². The Hall–Kier alpha value is -1.66. The Morgan fingerprint density at radius 3 is 1.03 bits per heavy atom. The minimum Gasteiger partial charge on any atom is -0.466 e. The number of aliphatic hydroxyl groups is 2. The number of nitrogens with one attached hydrogen (secondary N) is 1. The predicted octanol–water partition coefficient (Wildman–Crippen LogP) is 19.4. The minimum absolute atomic E-state index is 0.000228. The summed E-state index contributed by atoms with van der Waals surface area (Å²) in [4.78, 5) is 24.5. The van der Waals surface area contributed by atoms with Crippen molar-refractivity contribution in [3.63, 3.8) is 0 Å². The zero-order chi connectivity index (χ0) is 50.0. The van der Waals surface area contributed by atoms with Crippen LogP contribution in [-0.4, -0.2) is 47.4 Å². The molecule has 408 valence electrons. The molecule has 0 aromatic rings. The summed E-state index contributed by atoms with van der Waals surface area (Å²) >= 11 is 0. The zero-order valence-electron chi connectivity index (χ0n) is 46.6. The van der Waals surface area contributed by atoms with Crippen LogP contribution in [0.4, 0.5) is 0 Å². The molecule has 0 saturated heterocycles. The van der Waals surface area contributed by atoms with Crippen LogP contribution in [0.2, 0.25) is 0 Å². The normalized spacial score (nSPS) is 12.7. The molecular weight excluding hydrogens is 851 g/mol. The highest BCUT2D eigenvalue weighted by Gasteiger charge is 2.18. The van der Waals surface area contributed by atoms with E-state index in [4.69, 9.17) is 4.74 Å². The van der Waals surface area contributed by atoms with Crippen molar-refractivity contribution in [3.05, 3.63) is 24.3 Å². The van der Waals surface area contributed by atoms with E-state index in [1.165, 1.54) is 270 Å². The second-order valence-electron chi connectivity index (χ2n) is 21.4. The van der Waals surface area contributed by atoms with Gasteiger partial charge in [0.15, 0.2) is 0 Å². The van der Waals surface area contributed by atoms with Crippen molar-refractivity contribution in [2.75, 3.05) is 13.2 Å².